The molecule has 0 fully saturated rings. The summed E-state index contributed by atoms with van der Waals surface area (Å²) in [4.78, 5) is 4.23. The third-order valence-electron chi connectivity index (χ3n) is 3.22. The summed E-state index contributed by atoms with van der Waals surface area (Å²) in [6.07, 6.45) is 1.60. The Balaban J connectivity index is 2.07. The number of pyridine rings is 1. The first-order chi connectivity index (χ1) is 10.5. The van der Waals surface area contributed by atoms with Crippen molar-refractivity contribution in [2.75, 3.05) is 4.72 Å². The van der Waals surface area contributed by atoms with Crippen molar-refractivity contribution in [3.63, 3.8) is 0 Å². The smallest absolute Gasteiger partial charge is 0.261 e. The number of sulfonamides is 1. The number of anilines is 1. The summed E-state index contributed by atoms with van der Waals surface area (Å²) < 4.78 is 40.3. The van der Waals surface area contributed by atoms with Gasteiger partial charge in [-0.1, -0.05) is 6.07 Å². The number of hydrogen-bond acceptors (Lipinski definition) is 3. The van der Waals surface area contributed by atoms with Gasteiger partial charge in [0, 0.05) is 11.6 Å². The van der Waals surface area contributed by atoms with E-state index in [1.807, 2.05) is 19.1 Å². The van der Waals surface area contributed by atoms with E-state index in [0.29, 0.717) is 11.2 Å². The summed E-state index contributed by atoms with van der Waals surface area (Å²) in [5.74, 6) is -0.485. The quantitative estimate of drug-likeness (QED) is 0.805. The van der Waals surface area contributed by atoms with Crippen molar-refractivity contribution in [2.45, 2.75) is 11.8 Å². The minimum Gasteiger partial charge on any atom is -0.277 e. The van der Waals surface area contributed by atoms with Crippen LogP contribution in [0.15, 0.2) is 59.6 Å². The Morgan fingerprint density at radius 1 is 1.09 bits per heavy atom. The fourth-order valence-corrected chi connectivity index (χ4v) is 3.29. The number of hydrogen-bond donors (Lipinski definition) is 1. The average Bonchev–Trinajstić information content (AvgIpc) is 2.47. The number of halogens is 1. The molecule has 0 unspecified atom stereocenters. The minimum absolute atomic E-state index is 0.000475. The number of fused-ring (bicyclic) bond motifs is 1. The van der Waals surface area contributed by atoms with Gasteiger partial charge in [-0.3, -0.25) is 9.71 Å². The van der Waals surface area contributed by atoms with Gasteiger partial charge in [0.05, 0.1) is 16.1 Å². The van der Waals surface area contributed by atoms with Crippen molar-refractivity contribution in [3.05, 3.63) is 66.1 Å². The van der Waals surface area contributed by atoms with Gasteiger partial charge in [0.15, 0.2) is 0 Å². The first-order valence-electron chi connectivity index (χ1n) is 6.59. The number of aromatic nitrogens is 1. The van der Waals surface area contributed by atoms with E-state index in [2.05, 4.69) is 9.71 Å². The van der Waals surface area contributed by atoms with Crippen LogP contribution in [0.2, 0.25) is 0 Å². The van der Waals surface area contributed by atoms with Gasteiger partial charge in [-0.2, -0.15) is 0 Å². The number of aryl methyl sites for hydroxylation is 1. The molecule has 1 heterocycles. The highest BCUT2D eigenvalue weighted by Crippen LogP contribution is 2.25. The third-order valence-corrected chi connectivity index (χ3v) is 4.60. The zero-order valence-corrected chi connectivity index (χ0v) is 12.6. The maximum atomic E-state index is 12.9. The number of nitrogens with zero attached hydrogens (tertiary/aromatic N) is 1. The fourth-order valence-electron chi connectivity index (χ4n) is 2.24. The summed E-state index contributed by atoms with van der Waals surface area (Å²) >= 11 is 0. The monoisotopic (exact) mass is 316 g/mol. The van der Waals surface area contributed by atoms with E-state index in [1.54, 1.807) is 18.3 Å². The topological polar surface area (TPSA) is 59.1 Å². The van der Waals surface area contributed by atoms with Crippen LogP contribution in [0, 0.1) is 12.7 Å². The zero-order valence-electron chi connectivity index (χ0n) is 11.7. The van der Waals surface area contributed by atoms with Crippen molar-refractivity contribution < 1.29 is 12.8 Å². The summed E-state index contributed by atoms with van der Waals surface area (Å²) in [5.41, 5.74) is 1.89. The van der Waals surface area contributed by atoms with E-state index in [1.165, 1.54) is 12.1 Å². The lowest BCUT2D eigenvalue weighted by Gasteiger charge is -2.11. The molecule has 2 aromatic carbocycles. The number of nitrogens with one attached hydrogen (secondary N) is 1. The van der Waals surface area contributed by atoms with E-state index in [9.17, 15) is 12.8 Å². The van der Waals surface area contributed by atoms with Gasteiger partial charge in [-0.05, 0) is 55.0 Å². The van der Waals surface area contributed by atoms with Gasteiger partial charge in [0.2, 0.25) is 0 Å². The SMILES string of the molecule is Cc1cc(NS(=O)(=O)c2ccc(F)cc2)c2ncccc2c1. The van der Waals surface area contributed by atoms with Crippen LogP contribution in [0.4, 0.5) is 10.1 Å². The van der Waals surface area contributed by atoms with Gasteiger partial charge >= 0.3 is 0 Å². The lowest BCUT2D eigenvalue weighted by molar-refractivity contribution is 0.599. The molecule has 0 bridgehead atoms. The predicted molar refractivity (Wildman–Crippen MR) is 83.7 cm³/mol. The van der Waals surface area contributed by atoms with E-state index in [4.69, 9.17) is 0 Å². The maximum absolute atomic E-state index is 12.9. The normalized spacial score (nSPS) is 11.5. The Labute approximate surface area is 127 Å². The molecule has 0 radical (unpaired) electrons. The van der Waals surface area contributed by atoms with E-state index >= 15 is 0 Å². The van der Waals surface area contributed by atoms with Crippen LogP contribution in [-0.2, 0) is 10.0 Å². The molecule has 4 nitrogen and oxygen atoms in total. The number of rotatable bonds is 3. The van der Waals surface area contributed by atoms with Crippen molar-refractivity contribution >= 4 is 26.6 Å². The van der Waals surface area contributed by atoms with Crippen LogP contribution in [-0.4, -0.2) is 13.4 Å². The molecule has 22 heavy (non-hydrogen) atoms. The van der Waals surface area contributed by atoms with Crippen molar-refractivity contribution in [1.82, 2.24) is 4.98 Å². The molecule has 112 valence electrons. The van der Waals surface area contributed by atoms with Gasteiger partial charge in [0.25, 0.3) is 10.0 Å². The van der Waals surface area contributed by atoms with Gasteiger partial charge in [-0.15, -0.1) is 0 Å². The second-order valence-corrected chi connectivity index (χ2v) is 6.63. The standard InChI is InChI=1S/C16H13FN2O2S/c1-11-9-12-3-2-8-18-16(12)15(10-11)19-22(20,21)14-6-4-13(17)5-7-14/h2-10,19H,1H3. The summed E-state index contributed by atoms with van der Waals surface area (Å²) in [5, 5.41) is 0.847. The molecule has 0 saturated carbocycles. The average molecular weight is 316 g/mol. The van der Waals surface area contributed by atoms with Crippen LogP contribution in [0.5, 0.6) is 0 Å². The second kappa shape index (κ2) is 5.38. The highest BCUT2D eigenvalue weighted by atomic mass is 32.2. The Morgan fingerprint density at radius 3 is 2.55 bits per heavy atom. The van der Waals surface area contributed by atoms with Crippen LogP contribution >= 0.6 is 0 Å². The van der Waals surface area contributed by atoms with Gasteiger partial charge < -0.3 is 0 Å². The van der Waals surface area contributed by atoms with Crippen LogP contribution in [0.3, 0.4) is 0 Å². The molecule has 1 N–H and O–H groups in total. The largest absolute Gasteiger partial charge is 0.277 e. The molecule has 0 amide bonds. The van der Waals surface area contributed by atoms with Gasteiger partial charge in [0.1, 0.15) is 5.82 Å². The van der Waals surface area contributed by atoms with E-state index in [0.717, 1.165) is 23.1 Å². The maximum Gasteiger partial charge on any atom is 0.261 e. The molecule has 0 aliphatic rings. The van der Waals surface area contributed by atoms with Crippen LogP contribution < -0.4 is 4.72 Å². The number of benzene rings is 2. The van der Waals surface area contributed by atoms with Crippen LogP contribution in [0.25, 0.3) is 10.9 Å². The molecular formula is C16H13FN2O2S. The summed E-state index contributed by atoms with van der Waals surface area (Å²) in [6, 6.07) is 12.0. The molecular weight excluding hydrogens is 303 g/mol. The predicted octanol–water partition coefficient (Wildman–Crippen LogP) is 3.48. The zero-order chi connectivity index (χ0) is 15.7. The molecule has 0 spiro atoms. The molecule has 6 heteroatoms. The molecule has 0 atom stereocenters. The Morgan fingerprint density at radius 2 is 1.82 bits per heavy atom. The minimum atomic E-state index is -3.79. The van der Waals surface area contributed by atoms with Crippen molar-refractivity contribution in [3.8, 4) is 0 Å². The molecule has 3 rings (SSSR count). The first-order valence-corrected chi connectivity index (χ1v) is 8.08. The molecule has 0 aliphatic heterocycles. The Hall–Kier alpha value is -2.47. The second-order valence-electron chi connectivity index (χ2n) is 4.95. The van der Waals surface area contributed by atoms with Crippen molar-refractivity contribution in [2.24, 2.45) is 0 Å². The highest BCUT2D eigenvalue weighted by Gasteiger charge is 2.16. The van der Waals surface area contributed by atoms with Crippen LogP contribution in [0.1, 0.15) is 5.56 Å². The molecule has 0 saturated heterocycles. The Bertz CT molecular complexity index is 938. The van der Waals surface area contributed by atoms with E-state index in [-0.39, 0.29) is 4.90 Å². The molecule has 1 aromatic heterocycles. The Kier molecular flexibility index (Phi) is 3.54. The molecule has 3 aromatic rings. The lowest BCUT2D eigenvalue weighted by atomic mass is 10.1. The summed E-state index contributed by atoms with van der Waals surface area (Å²) in [6.45, 7) is 1.88. The molecule has 0 aliphatic carbocycles. The van der Waals surface area contributed by atoms with Crippen molar-refractivity contribution in [1.29, 1.82) is 0 Å². The lowest BCUT2D eigenvalue weighted by Crippen LogP contribution is -2.13. The first kappa shape index (κ1) is 14.5. The summed E-state index contributed by atoms with van der Waals surface area (Å²) in [7, 11) is -3.79. The van der Waals surface area contributed by atoms with E-state index < -0.39 is 15.8 Å². The third kappa shape index (κ3) is 2.78. The van der Waals surface area contributed by atoms with Gasteiger partial charge in [-0.25, -0.2) is 12.8 Å². The fraction of sp³-hybridized carbons (Fsp3) is 0.0625. The highest BCUT2D eigenvalue weighted by molar-refractivity contribution is 7.92.